The normalized spacial score (nSPS) is 10.7. The van der Waals surface area contributed by atoms with E-state index in [4.69, 9.17) is 0 Å². The van der Waals surface area contributed by atoms with Crippen LogP contribution in [-0.4, -0.2) is 15.0 Å². The molecule has 100 valence electrons. The highest BCUT2D eigenvalue weighted by molar-refractivity contribution is 7.98. The van der Waals surface area contributed by atoms with Crippen LogP contribution in [-0.2, 0) is 5.75 Å². The SMILES string of the molecule is Cc1cccc(-c2nc(CSc3ncccn3)cs2)c1. The van der Waals surface area contributed by atoms with Crippen LogP contribution in [0.3, 0.4) is 0 Å². The van der Waals surface area contributed by atoms with E-state index in [-0.39, 0.29) is 0 Å². The second-order valence-corrected chi connectivity index (χ2v) is 6.13. The summed E-state index contributed by atoms with van der Waals surface area (Å²) in [6, 6.07) is 10.3. The molecule has 0 atom stereocenters. The Bertz CT molecular complexity index is 695. The maximum absolute atomic E-state index is 4.68. The molecule has 5 heteroatoms. The van der Waals surface area contributed by atoms with Gasteiger partial charge in [0.25, 0.3) is 0 Å². The van der Waals surface area contributed by atoms with Gasteiger partial charge in [-0.25, -0.2) is 15.0 Å². The second-order valence-electron chi connectivity index (χ2n) is 4.33. The van der Waals surface area contributed by atoms with Crippen molar-refractivity contribution in [1.29, 1.82) is 0 Å². The molecular formula is C15H13N3S2. The third-order valence-electron chi connectivity index (χ3n) is 2.71. The van der Waals surface area contributed by atoms with Gasteiger partial charge in [-0.3, -0.25) is 0 Å². The summed E-state index contributed by atoms with van der Waals surface area (Å²) >= 11 is 3.29. The van der Waals surface area contributed by atoms with Crippen LogP contribution >= 0.6 is 23.1 Å². The molecule has 0 aliphatic rings. The van der Waals surface area contributed by atoms with Crippen LogP contribution in [0.5, 0.6) is 0 Å². The minimum atomic E-state index is 0.789. The molecule has 0 amide bonds. The Morgan fingerprint density at radius 2 is 2.00 bits per heavy atom. The Hall–Kier alpha value is -1.72. The van der Waals surface area contributed by atoms with Gasteiger partial charge in [0.2, 0.25) is 0 Å². The molecule has 3 nitrogen and oxygen atoms in total. The summed E-state index contributed by atoms with van der Waals surface area (Å²) in [6.07, 6.45) is 3.52. The van der Waals surface area contributed by atoms with E-state index in [1.54, 1.807) is 35.5 Å². The molecule has 0 saturated carbocycles. The maximum Gasteiger partial charge on any atom is 0.187 e. The summed E-state index contributed by atoms with van der Waals surface area (Å²) in [6.45, 7) is 2.10. The first-order chi connectivity index (χ1) is 9.81. The summed E-state index contributed by atoms with van der Waals surface area (Å²) in [5.41, 5.74) is 3.51. The van der Waals surface area contributed by atoms with Gasteiger partial charge in [0.1, 0.15) is 5.01 Å². The molecule has 0 radical (unpaired) electrons. The van der Waals surface area contributed by atoms with Crippen molar-refractivity contribution < 1.29 is 0 Å². The summed E-state index contributed by atoms with van der Waals surface area (Å²) in [4.78, 5) is 13.1. The highest BCUT2D eigenvalue weighted by Gasteiger charge is 2.06. The van der Waals surface area contributed by atoms with Crippen LogP contribution in [0.1, 0.15) is 11.3 Å². The maximum atomic E-state index is 4.68. The van der Waals surface area contributed by atoms with E-state index in [0.29, 0.717) is 0 Å². The zero-order valence-corrected chi connectivity index (χ0v) is 12.6. The van der Waals surface area contributed by atoms with Gasteiger partial charge in [0.15, 0.2) is 5.16 Å². The van der Waals surface area contributed by atoms with Crippen LogP contribution in [0.4, 0.5) is 0 Å². The Balaban J connectivity index is 1.71. The minimum Gasteiger partial charge on any atom is -0.240 e. The van der Waals surface area contributed by atoms with E-state index < -0.39 is 0 Å². The van der Waals surface area contributed by atoms with Crippen LogP contribution in [0.15, 0.2) is 53.3 Å². The zero-order chi connectivity index (χ0) is 13.8. The molecule has 2 aromatic heterocycles. The number of nitrogens with zero attached hydrogens (tertiary/aromatic N) is 3. The Kier molecular flexibility index (Phi) is 4.08. The largest absolute Gasteiger partial charge is 0.240 e. The van der Waals surface area contributed by atoms with E-state index in [1.807, 2.05) is 6.07 Å². The monoisotopic (exact) mass is 299 g/mol. The molecule has 1 aromatic carbocycles. The van der Waals surface area contributed by atoms with E-state index in [1.165, 1.54) is 11.1 Å². The predicted octanol–water partition coefficient (Wildman–Crippen LogP) is 4.20. The second kappa shape index (κ2) is 6.15. The summed E-state index contributed by atoms with van der Waals surface area (Å²) < 4.78 is 0. The van der Waals surface area contributed by atoms with Crippen molar-refractivity contribution in [3.63, 3.8) is 0 Å². The number of benzene rings is 1. The van der Waals surface area contributed by atoms with Crippen molar-refractivity contribution in [2.45, 2.75) is 17.8 Å². The average molecular weight is 299 g/mol. The Morgan fingerprint density at radius 1 is 1.15 bits per heavy atom. The highest BCUT2D eigenvalue weighted by atomic mass is 32.2. The first-order valence-electron chi connectivity index (χ1n) is 6.22. The quantitative estimate of drug-likeness (QED) is 0.534. The fourth-order valence-electron chi connectivity index (χ4n) is 1.78. The van der Waals surface area contributed by atoms with Crippen LogP contribution in [0, 0.1) is 6.92 Å². The molecule has 0 spiro atoms. The molecule has 2 heterocycles. The summed E-state index contributed by atoms with van der Waals surface area (Å²) in [5.74, 6) is 0.798. The van der Waals surface area contributed by atoms with Gasteiger partial charge in [0, 0.05) is 29.1 Å². The molecule has 0 N–H and O–H groups in total. The minimum absolute atomic E-state index is 0.789. The number of hydrogen-bond donors (Lipinski definition) is 0. The van der Waals surface area contributed by atoms with Crippen molar-refractivity contribution in [1.82, 2.24) is 15.0 Å². The molecule has 0 saturated heterocycles. The zero-order valence-electron chi connectivity index (χ0n) is 11.0. The highest BCUT2D eigenvalue weighted by Crippen LogP contribution is 2.27. The lowest BCUT2D eigenvalue weighted by molar-refractivity contribution is 0.965. The topological polar surface area (TPSA) is 38.7 Å². The summed E-state index contributed by atoms with van der Waals surface area (Å²) in [5, 5.41) is 3.96. The first-order valence-corrected chi connectivity index (χ1v) is 8.09. The molecule has 0 fully saturated rings. The third kappa shape index (κ3) is 3.23. The molecule has 0 aliphatic heterocycles. The molecule has 0 aliphatic carbocycles. The van der Waals surface area contributed by atoms with Crippen LogP contribution < -0.4 is 0 Å². The van der Waals surface area contributed by atoms with E-state index in [0.717, 1.165) is 21.6 Å². The van der Waals surface area contributed by atoms with Gasteiger partial charge in [0.05, 0.1) is 5.69 Å². The van der Waals surface area contributed by atoms with Crippen molar-refractivity contribution in [2.24, 2.45) is 0 Å². The van der Waals surface area contributed by atoms with Gasteiger partial charge < -0.3 is 0 Å². The van der Waals surface area contributed by atoms with Crippen molar-refractivity contribution in [2.75, 3.05) is 0 Å². The lowest BCUT2D eigenvalue weighted by Gasteiger charge is -1.98. The van der Waals surface area contributed by atoms with Gasteiger partial charge >= 0.3 is 0 Å². The van der Waals surface area contributed by atoms with E-state index >= 15 is 0 Å². The van der Waals surface area contributed by atoms with Crippen molar-refractivity contribution in [3.05, 3.63) is 59.4 Å². The smallest absolute Gasteiger partial charge is 0.187 e. The fraction of sp³-hybridized carbons (Fsp3) is 0.133. The Morgan fingerprint density at radius 3 is 2.80 bits per heavy atom. The molecular weight excluding hydrogens is 286 g/mol. The number of hydrogen-bond acceptors (Lipinski definition) is 5. The van der Waals surface area contributed by atoms with E-state index in [9.17, 15) is 0 Å². The first kappa shape index (κ1) is 13.3. The summed E-state index contributed by atoms with van der Waals surface area (Å²) in [7, 11) is 0. The Labute approximate surface area is 126 Å². The van der Waals surface area contributed by atoms with Gasteiger partial charge in [-0.1, -0.05) is 35.5 Å². The number of aromatic nitrogens is 3. The number of rotatable bonds is 4. The van der Waals surface area contributed by atoms with Gasteiger partial charge in [-0.2, -0.15) is 0 Å². The van der Waals surface area contributed by atoms with Gasteiger partial charge in [-0.15, -0.1) is 11.3 Å². The van der Waals surface area contributed by atoms with Gasteiger partial charge in [-0.05, 0) is 19.1 Å². The van der Waals surface area contributed by atoms with Crippen molar-refractivity contribution >= 4 is 23.1 Å². The van der Waals surface area contributed by atoms with Crippen LogP contribution in [0.2, 0.25) is 0 Å². The molecule has 3 aromatic rings. The fourth-order valence-corrected chi connectivity index (χ4v) is 3.40. The average Bonchev–Trinajstić information content (AvgIpc) is 2.95. The predicted molar refractivity (Wildman–Crippen MR) is 83.9 cm³/mol. The van der Waals surface area contributed by atoms with Crippen LogP contribution in [0.25, 0.3) is 10.6 Å². The lowest BCUT2D eigenvalue weighted by atomic mass is 10.1. The van der Waals surface area contributed by atoms with Crippen molar-refractivity contribution in [3.8, 4) is 10.6 Å². The number of thioether (sulfide) groups is 1. The molecule has 0 bridgehead atoms. The standard InChI is InChI=1S/C15H13N3S2/c1-11-4-2-5-12(8-11)14-18-13(9-19-14)10-20-15-16-6-3-7-17-15/h2-9H,10H2,1H3. The molecule has 0 unspecified atom stereocenters. The molecule has 3 rings (SSSR count). The third-order valence-corrected chi connectivity index (χ3v) is 4.56. The number of thiazole rings is 1. The molecule has 20 heavy (non-hydrogen) atoms. The lowest BCUT2D eigenvalue weighted by Crippen LogP contribution is -1.86. The number of aryl methyl sites for hydroxylation is 1. The van der Waals surface area contributed by atoms with E-state index in [2.05, 4.69) is 51.5 Å².